The Morgan fingerprint density at radius 3 is 2.38 bits per heavy atom. The van der Waals surface area contributed by atoms with E-state index in [0.29, 0.717) is 5.75 Å². The Balaban J connectivity index is 3.15. The fourth-order valence-electron chi connectivity index (χ4n) is 1.23. The number of carbonyl (C=O) groups is 1. The third-order valence-electron chi connectivity index (χ3n) is 2.14. The predicted molar refractivity (Wildman–Crippen MR) is 71.0 cm³/mol. The Labute approximate surface area is 112 Å². The van der Waals surface area contributed by atoms with E-state index in [1.165, 1.54) is 4.90 Å². The molecular weight excluding hydrogens is 338 g/mol. The minimum atomic E-state index is -0.375. The summed E-state index contributed by atoms with van der Waals surface area (Å²) in [5.41, 5.74) is 1.82. The summed E-state index contributed by atoms with van der Waals surface area (Å²) in [5, 5.41) is 0. The molecule has 0 spiro atoms. The molecule has 1 amide bonds. The number of carbonyl (C=O) groups excluding carboxylic acids is 1. The molecule has 0 aliphatic heterocycles. The van der Waals surface area contributed by atoms with Crippen LogP contribution in [0.25, 0.3) is 0 Å². The second kappa shape index (κ2) is 5.19. The van der Waals surface area contributed by atoms with Crippen LogP contribution < -0.4 is 4.74 Å². The number of nitrogens with zero attached hydrogens (tertiary/aromatic N) is 1. The van der Waals surface area contributed by atoms with Crippen molar-refractivity contribution in [3.8, 4) is 5.75 Å². The lowest BCUT2D eigenvalue weighted by atomic mass is 10.1. The zero-order valence-electron chi connectivity index (χ0n) is 9.60. The lowest BCUT2D eigenvalue weighted by Crippen LogP contribution is -2.25. The number of hydrogen-bond acceptors (Lipinski definition) is 2. The Morgan fingerprint density at radius 2 is 1.88 bits per heavy atom. The number of halogens is 2. The maximum absolute atomic E-state index is 11.5. The molecule has 0 saturated carbocycles. The molecule has 0 heterocycles. The van der Waals surface area contributed by atoms with Crippen molar-refractivity contribution in [1.29, 1.82) is 0 Å². The third-order valence-corrected chi connectivity index (χ3v) is 4.31. The lowest BCUT2D eigenvalue weighted by Gasteiger charge is -2.16. The summed E-state index contributed by atoms with van der Waals surface area (Å²) in [4.78, 5) is 12.9. The van der Waals surface area contributed by atoms with E-state index >= 15 is 0 Å². The number of ether oxygens (including phenoxy) is 1. The van der Waals surface area contributed by atoms with E-state index in [4.69, 9.17) is 4.74 Å². The molecule has 1 aromatic carbocycles. The molecule has 0 unspecified atom stereocenters. The second-order valence-electron chi connectivity index (χ2n) is 3.71. The quantitative estimate of drug-likeness (QED) is 0.769. The van der Waals surface area contributed by atoms with Crippen molar-refractivity contribution in [2.24, 2.45) is 0 Å². The van der Waals surface area contributed by atoms with Gasteiger partial charge < -0.3 is 9.64 Å². The monoisotopic (exact) mass is 349 g/mol. The van der Waals surface area contributed by atoms with E-state index in [1.54, 1.807) is 14.1 Å². The van der Waals surface area contributed by atoms with E-state index in [9.17, 15) is 4.79 Å². The van der Waals surface area contributed by atoms with Crippen LogP contribution in [0.4, 0.5) is 4.79 Å². The molecule has 5 heteroatoms. The highest BCUT2D eigenvalue weighted by Gasteiger charge is 2.15. The van der Waals surface area contributed by atoms with Crippen molar-refractivity contribution in [2.75, 3.05) is 14.1 Å². The highest BCUT2D eigenvalue weighted by atomic mass is 79.9. The molecular formula is C11H13Br2NO2. The van der Waals surface area contributed by atoms with Crippen LogP contribution in [0.2, 0.25) is 0 Å². The van der Waals surface area contributed by atoms with Gasteiger partial charge in [-0.25, -0.2) is 4.79 Å². The molecule has 3 nitrogen and oxygen atoms in total. The average molecular weight is 351 g/mol. The van der Waals surface area contributed by atoms with Gasteiger partial charge in [0.05, 0.1) is 0 Å². The normalized spacial score (nSPS) is 10.1. The highest BCUT2D eigenvalue weighted by molar-refractivity contribution is 9.13. The minimum absolute atomic E-state index is 0.375. The van der Waals surface area contributed by atoms with Gasteiger partial charge >= 0.3 is 6.09 Å². The van der Waals surface area contributed by atoms with Crippen molar-refractivity contribution in [3.05, 3.63) is 26.1 Å². The molecule has 0 aromatic heterocycles. The first-order chi connectivity index (χ1) is 7.34. The van der Waals surface area contributed by atoms with Gasteiger partial charge in [0.15, 0.2) is 0 Å². The summed E-state index contributed by atoms with van der Waals surface area (Å²) in [6.45, 7) is 3.81. The third kappa shape index (κ3) is 2.77. The average Bonchev–Trinajstić information content (AvgIpc) is 2.20. The molecule has 1 aromatic rings. The predicted octanol–water partition coefficient (Wildman–Crippen LogP) is 3.89. The fourth-order valence-corrected chi connectivity index (χ4v) is 2.16. The maximum atomic E-state index is 11.5. The molecule has 0 bridgehead atoms. The summed E-state index contributed by atoms with van der Waals surface area (Å²) in [6, 6.07) is 1.91. The van der Waals surface area contributed by atoms with Crippen LogP contribution in [0.5, 0.6) is 5.75 Å². The first kappa shape index (κ1) is 13.5. The van der Waals surface area contributed by atoms with Crippen molar-refractivity contribution in [1.82, 2.24) is 4.90 Å². The largest absolute Gasteiger partial charge is 0.414 e. The Kier molecular flexibility index (Phi) is 4.38. The van der Waals surface area contributed by atoms with Crippen molar-refractivity contribution in [3.63, 3.8) is 0 Å². The second-order valence-corrected chi connectivity index (χ2v) is 5.35. The SMILES string of the molecule is Cc1cc(Br)c(Br)c(C)c1OC(=O)N(C)C. The zero-order valence-corrected chi connectivity index (χ0v) is 12.8. The molecule has 16 heavy (non-hydrogen) atoms. The molecule has 1 rings (SSSR count). The first-order valence-corrected chi connectivity index (χ1v) is 6.27. The number of hydrogen-bond donors (Lipinski definition) is 0. The van der Waals surface area contributed by atoms with Crippen LogP contribution in [0.15, 0.2) is 15.0 Å². The molecule has 0 fully saturated rings. The van der Waals surface area contributed by atoms with E-state index < -0.39 is 0 Å². The molecule has 0 saturated heterocycles. The summed E-state index contributed by atoms with van der Waals surface area (Å²) >= 11 is 6.87. The van der Waals surface area contributed by atoms with Crippen LogP contribution in [-0.2, 0) is 0 Å². The summed E-state index contributed by atoms with van der Waals surface area (Å²) in [7, 11) is 3.31. The van der Waals surface area contributed by atoms with Gasteiger partial charge in [0, 0.05) is 28.6 Å². The van der Waals surface area contributed by atoms with Gasteiger partial charge in [0.2, 0.25) is 0 Å². The van der Waals surface area contributed by atoms with Crippen LogP contribution in [-0.4, -0.2) is 25.1 Å². The van der Waals surface area contributed by atoms with Crippen LogP contribution in [0, 0.1) is 13.8 Å². The minimum Gasteiger partial charge on any atom is -0.410 e. The first-order valence-electron chi connectivity index (χ1n) is 4.69. The fraction of sp³-hybridized carbons (Fsp3) is 0.364. The van der Waals surface area contributed by atoms with Crippen LogP contribution in [0.1, 0.15) is 11.1 Å². The highest BCUT2D eigenvalue weighted by Crippen LogP contribution is 2.35. The smallest absolute Gasteiger partial charge is 0.410 e. The topological polar surface area (TPSA) is 29.5 Å². The van der Waals surface area contributed by atoms with Gasteiger partial charge in [-0.2, -0.15) is 0 Å². The molecule has 0 aliphatic rings. The number of amides is 1. The van der Waals surface area contributed by atoms with Crippen LogP contribution >= 0.6 is 31.9 Å². The Hall–Kier alpha value is -0.550. The van der Waals surface area contributed by atoms with Gasteiger partial charge in [0.25, 0.3) is 0 Å². The number of rotatable bonds is 1. The van der Waals surface area contributed by atoms with Gasteiger partial charge in [-0.3, -0.25) is 0 Å². The maximum Gasteiger partial charge on any atom is 0.414 e. The molecule has 0 aliphatic carbocycles. The zero-order chi connectivity index (χ0) is 12.5. The molecule has 0 N–H and O–H groups in total. The van der Waals surface area contributed by atoms with Crippen molar-refractivity contribution < 1.29 is 9.53 Å². The van der Waals surface area contributed by atoms with Crippen molar-refractivity contribution >= 4 is 38.0 Å². The number of benzene rings is 1. The van der Waals surface area contributed by atoms with E-state index in [1.807, 2.05) is 19.9 Å². The van der Waals surface area contributed by atoms with Gasteiger partial charge in [-0.1, -0.05) is 0 Å². The van der Waals surface area contributed by atoms with Crippen LogP contribution in [0.3, 0.4) is 0 Å². The summed E-state index contributed by atoms with van der Waals surface area (Å²) in [5.74, 6) is 0.605. The van der Waals surface area contributed by atoms with Gasteiger partial charge in [-0.05, 0) is 57.3 Å². The Bertz CT molecular complexity index is 430. The van der Waals surface area contributed by atoms with E-state index in [2.05, 4.69) is 31.9 Å². The summed E-state index contributed by atoms with van der Waals surface area (Å²) in [6.07, 6.45) is -0.375. The summed E-state index contributed by atoms with van der Waals surface area (Å²) < 4.78 is 7.16. The van der Waals surface area contributed by atoms with Gasteiger partial charge in [-0.15, -0.1) is 0 Å². The number of aryl methyl sites for hydroxylation is 1. The Morgan fingerprint density at radius 1 is 1.31 bits per heavy atom. The molecule has 88 valence electrons. The standard InChI is InChI=1S/C11H13Br2NO2/c1-6-5-8(12)9(13)7(2)10(6)16-11(15)14(3)4/h5H,1-4H3. The lowest BCUT2D eigenvalue weighted by molar-refractivity contribution is 0.171. The molecule has 0 atom stereocenters. The molecule has 0 radical (unpaired) electrons. The van der Waals surface area contributed by atoms with E-state index in [-0.39, 0.29) is 6.09 Å². The van der Waals surface area contributed by atoms with Gasteiger partial charge in [0.1, 0.15) is 5.75 Å². The van der Waals surface area contributed by atoms with E-state index in [0.717, 1.165) is 20.1 Å². The van der Waals surface area contributed by atoms with Crippen molar-refractivity contribution in [2.45, 2.75) is 13.8 Å².